The number of hydrogen-bond acceptors (Lipinski definition) is 11. The van der Waals surface area contributed by atoms with Crippen molar-refractivity contribution < 1.29 is 33.4 Å². The molecule has 2 aromatic rings. The van der Waals surface area contributed by atoms with E-state index in [0.29, 0.717) is 17.1 Å². The zero-order chi connectivity index (χ0) is 24.4. The van der Waals surface area contributed by atoms with E-state index in [9.17, 15) is 9.59 Å². The normalized spacial score (nSPS) is 14.7. The molecular formula is C22H27N3O7S. The van der Waals surface area contributed by atoms with Gasteiger partial charge in [0.05, 0.1) is 12.2 Å². The number of carbonyl (C=O) groups excluding carboxylic acids is 2. The smallest absolute Gasteiger partial charge is 0.362 e. The Labute approximate surface area is 195 Å². The van der Waals surface area contributed by atoms with Gasteiger partial charge in [-0.1, -0.05) is 5.16 Å². The number of fused-ring (bicyclic) bond motifs is 1. The highest BCUT2D eigenvalue weighted by Gasteiger charge is 2.35. The van der Waals surface area contributed by atoms with Crippen molar-refractivity contribution in [1.82, 2.24) is 4.98 Å². The first kappa shape index (κ1) is 24.3. The fraction of sp³-hybridized carbons (Fsp3) is 0.455. The van der Waals surface area contributed by atoms with Crippen LogP contribution in [0.25, 0.3) is 0 Å². The van der Waals surface area contributed by atoms with E-state index in [1.165, 1.54) is 0 Å². The van der Waals surface area contributed by atoms with Gasteiger partial charge in [0.25, 0.3) is 0 Å². The van der Waals surface area contributed by atoms with E-state index in [0.717, 1.165) is 11.3 Å². The number of benzene rings is 1. The molecule has 2 N–H and O–H groups in total. The number of ether oxygens (including phenoxy) is 4. The van der Waals surface area contributed by atoms with E-state index in [1.807, 2.05) is 0 Å². The quantitative estimate of drug-likeness (QED) is 0.360. The molecular weight excluding hydrogens is 450 g/mol. The summed E-state index contributed by atoms with van der Waals surface area (Å²) in [6, 6.07) is 3.14. The van der Waals surface area contributed by atoms with E-state index in [1.54, 1.807) is 59.1 Å². The van der Waals surface area contributed by atoms with Gasteiger partial charge in [-0.3, -0.25) is 0 Å². The number of nitrogens with two attached hydrogens (primary N) is 1. The van der Waals surface area contributed by atoms with Crippen LogP contribution in [0.4, 0.5) is 5.13 Å². The monoisotopic (exact) mass is 477 g/mol. The number of esters is 2. The van der Waals surface area contributed by atoms with Crippen LogP contribution in [0, 0.1) is 0 Å². The average Bonchev–Trinajstić information content (AvgIpc) is 3.25. The van der Waals surface area contributed by atoms with Crippen LogP contribution in [0.3, 0.4) is 0 Å². The average molecular weight is 478 g/mol. The summed E-state index contributed by atoms with van der Waals surface area (Å²) in [5.41, 5.74) is 5.88. The molecule has 0 radical (unpaired) electrons. The first-order chi connectivity index (χ1) is 15.4. The van der Waals surface area contributed by atoms with Gasteiger partial charge in [0.1, 0.15) is 17.9 Å². The van der Waals surface area contributed by atoms with Gasteiger partial charge in [0.2, 0.25) is 11.5 Å². The van der Waals surface area contributed by atoms with E-state index in [4.69, 9.17) is 29.5 Å². The second-order valence-electron chi connectivity index (χ2n) is 8.57. The Balaban J connectivity index is 1.90. The number of carbonyl (C=O) groups is 2. The third-order valence-corrected chi connectivity index (χ3v) is 4.75. The molecule has 0 spiro atoms. The molecule has 10 nitrogen and oxygen atoms in total. The highest BCUT2D eigenvalue weighted by molar-refractivity contribution is 7.13. The van der Waals surface area contributed by atoms with Crippen LogP contribution in [0.2, 0.25) is 0 Å². The van der Waals surface area contributed by atoms with Crippen LogP contribution in [0.5, 0.6) is 11.5 Å². The molecule has 0 bridgehead atoms. The summed E-state index contributed by atoms with van der Waals surface area (Å²) in [5, 5.41) is 5.79. The summed E-state index contributed by atoms with van der Waals surface area (Å²) in [4.78, 5) is 34.5. The third-order valence-electron chi connectivity index (χ3n) is 4.08. The molecule has 0 amide bonds. The van der Waals surface area contributed by atoms with Gasteiger partial charge in [0.15, 0.2) is 16.6 Å². The van der Waals surface area contributed by atoms with E-state index in [2.05, 4.69) is 10.1 Å². The fourth-order valence-electron chi connectivity index (χ4n) is 2.90. The van der Waals surface area contributed by atoms with E-state index < -0.39 is 23.3 Å². The summed E-state index contributed by atoms with van der Waals surface area (Å²) in [6.07, 6.45) is 0. The lowest BCUT2D eigenvalue weighted by Gasteiger charge is -2.19. The third kappa shape index (κ3) is 6.13. The highest BCUT2D eigenvalue weighted by Crippen LogP contribution is 2.43. The molecule has 33 heavy (non-hydrogen) atoms. The predicted molar refractivity (Wildman–Crippen MR) is 121 cm³/mol. The minimum atomic E-state index is -0.929. The molecule has 1 aromatic carbocycles. The molecule has 0 atom stereocenters. The zero-order valence-corrected chi connectivity index (χ0v) is 20.2. The lowest BCUT2D eigenvalue weighted by atomic mass is 10.1. The van der Waals surface area contributed by atoms with Crippen molar-refractivity contribution >= 4 is 34.1 Å². The van der Waals surface area contributed by atoms with Crippen molar-refractivity contribution in [3.8, 4) is 11.5 Å². The molecule has 0 saturated heterocycles. The van der Waals surface area contributed by atoms with Gasteiger partial charge in [-0.15, -0.1) is 11.3 Å². The molecule has 3 rings (SSSR count). The second-order valence-corrected chi connectivity index (χ2v) is 9.46. The number of hydrogen-bond donors (Lipinski definition) is 1. The van der Waals surface area contributed by atoms with Gasteiger partial charge in [0, 0.05) is 24.8 Å². The number of nitrogens with zero attached hydrogens (tertiary/aromatic N) is 2. The Kier molecular flexibility index (Phi) is 6.82. The highest BCUT2D eigenvalue weighted by atomic mass is 32.1. The Bertz CT molecular complexity index is 1090. The first-order valence-corrected chi connectivity index (χ1v) is 11.1. The summed E-state index contributed by atoms with van der Waals surface area (Å²) < 4.78 is 22.2. The lowest BCUT2D eigenvalue weighted by molar-refractivity contribution is -0.135. The van der Waals surface area contributed by atoms with Crippen LogP contribution in [0.15, 0.2) is 22.7 Å². The van der Waals surface area contributed by atoms with E-state index >= 15 is 0 Å². The Morgan fingerprint density at radius 2 is 1.97 bits per heavy atom. The number of anilines is 1. The van der Waals surface area contributed by atoms with Gasteiger partial charge < -0.3 is 29.5 Å². The molecule has 0 fully saturated rings. The SMILES string of the molecule is CCOC(=O)C(=NOCc1cc(C(=O)OC(C)(C)C)cc2c1OC(C)(C)O2)c1csc(N)n1. The van der Waals surface area contributed by atoms with Gasteiger partial charge >= 0.3 is 11.9 Å². The summed E-state index contributed by atoms with van der Waals surface area (Å²) in [7, 11) is 0. The molecule has 0 unspecified atom stereocenters. The van der Waals surface area contributed by atoms with Crippen molar-refractivity contribution in [3.63, 3.8) is 0 Å². The molecule has 0 saturated carbocycles. The maximum Gasteiger partial charge on any atom is 0.362 e. The van der Waals surface area contributed by atoms with Crippen LogP contribution in [-0.2, 0) is 25.7 Å². The largest absolute Gasteiger partial charge is 0.461 e. The molecule has 1 aliphatic heterocycles. The van der Waals surface area contributed by atoms with Gasteiger partial charge in [-0.05, 0) is 39.8 Å². The minimum absolute atomic E-state index is 0.123. The van der Waals surface area contributed by atoms with E-state index in [-0.39, 0.29) is 35.3 Å². The summed E-state index contributed by atoms with van der Waals surface area (Å²) in [5.74, 6) is -1.35. The maximum atomic E-state index is 12.6. The van der Waals surface area contributed by atoms with Crippen LogP contribution in [0.1, 0.15) is 63.2 Å². The van der Waals surface area contributed by atoms with Crippen molar-refractivity contribution in [2.75, 3.05) is 12.3 Å². The predicted octanol–water partition coefficient (Wildman–Crippen LogP) is 3.67. The maximum absolute atomic E-state index is 12.6. The Hall–Kier alpha value is -3.34. The van der Waals surface area contributed by atoms with Crippen molar-refractivity contribution in [1.29, 1.82) is 0 Å². The molecule has 0 aliphatic carbocycles. The molecule has 11 heteroatoms. The number of aromatic nitrogens is 1. The summed E-state index contributed by atoms with van der Waals surface area (Å²) >= 11 is 1.16. The van der Waals surface area contributed by atoms with Crippen molar-refractivity contribution in [2.24, 2.45) is 5.16 Å². The molecule has 1 aliphatic rings. The first-order valence-electron chi connectivity index (χ1n) is 10.3. The number of oxime groups is 1. The number of nitrogen functional groups attached to an aromatic ring is 1. The topological polar surface area (TPSA) is 132 Å². The summed E-state index contributed by atoms with van der Waals surface area (Å²) in [6.45, 7) is 10.5. The lowest BCUT2D eigenvalue weighted by Crippen LogP contribution is -2.29. The molecule has 1 aromatic heterocycles. The Morgan fingerprint density at radius 1 is 1.24 bits per heavy atom. The van der Waals surface area contributed by atoms with Gasteiger partial charge in [-0.25, -0.2) is 14.6 Å². The van der Waals surface area contributed by atoms with Crippen LogP contribution >= 0.6 is 11.3 Å². The standard InChI is InChI=1S/C22H27N3O7S/c1-7-28-19(27)16(14-11-33-20(23)24-14)25-29-10-13-8-12(18(26)32-21(2,3)4)9-15-17(13)31-22(5,6)30-15/h8-9,11H,7,10H2,1-6H3,(H2,23,24). The number of thiazole rings is 1. The number of rotatable bonds is 7. The Morgan fingerprint density at radius 3 is 2.58 bits per heavy atom. The molecule has 2 heterocycles. The van der Waals surface area contributed by atoms with Crippen LogP contribution in [-0.4, -0.2) is 40.6 Å². The van der Waals surface area contributed by atoms with Crippen LogP contribution < -0.4 is 15.2 Å². The van der Waals surface area contributed by atoms with Crippen molar-refractivity contribution in [3.05, 3.63) is 34.3 Å². The zero-order valence-electron chi connectivity index (χ0n) is 19.4. The molecule has 178 valence electrons. The fourth-order valence-corrected chi connectivity index (χ4v) is 3.44. The van der Waals surface area contributed by atoms with Gasteiger partial charge in [-0.2, -0.15) is 0 Å². The minimum Gasteiger partial charge on any atom is -0.461 e. The van der Waals surface area contributed by atoms with Crippen molar-refractivity contribution in [2.45, 2.75) is 59.5 Å². The second kappa shape index (κ2) is 9.26.